The number of aromatic nitrogens is 3. The zero-order chi connectivity index (χ0) is 13.8. The van der Waals surface area contributed by atoms with Crippen molar-refractivity contribution in [1.82, 2.24) is 20.1 Å². The van der Waals surface area contributed by atoms with E-state index in [2.05, 4.69) is 44.9 Å². The van der Waals surface area contributed by atoms with Gasteiger partial charge in [0.25, 0.3) is 0 Å². The van der Waals surface area contributed by atoms with Crippen molar-refractivity contribution < 1.29 is 4.39 Å². The molecule has 0 aliphatic rings. The van der Waals surface area contributed by atoms with Crippen LogP contribution in [0.5, 0.6) is 0 Å². The second-order valence-electron chi connectivity index (χ2n) is 4.28. The summed E-state index contributed by atoms with van der Waals surface area (Å²) in [5, 5.41) is 7.49. The van der Waals surface area contributed by atoms with Gasteiger partial charge in [-0.25, -0.2) is 9.37 Å². The normalized spacial score (nSPS) is 12.6. The quantitative estimate of drug-likeness (QED) is 0.818. The van der Waals surface area contributed by atoms with Gasteiger partial charge < -0.3 is 5.32 Å². The van der Waals surface area contributed by atoms with E-state index in [4.69, 9.17) is 0 Å². The van der Waals surface area contributed by atoms with Crippen LogP contribution in [0.3, 0.4) is 0 Å². The molecule has 0 saturated heterocycles. The summed E-state index contributed by atoms with van der Waals surface area (Å²) in [5.74, 6) is 0.702. The lowest BCUT2D eigenvalue weighted by atomic mass is 10.0. The molecular weight excluding hydrogens is 358 g/mol. The molecule has 0 bridgehead atoms. The van der Waals surface area contributed by atoms with E-state index in [-0.39, 0.29) is 11.9 Å². The molecule has 2 rings (SSSR count). The summed E-state index contributed by atoms with van der Waals surface area (Å²) < 4.78 is 15.9. The molecule has 0 radical (unpaired) electrons. The minimum absolute atomic E-state index is 0.111. The predicted octanol–water partition coefficient (Wildman–Crippen LogP) is 2.45. The number of nitrogens with zero attached hydrogens (tertiary/aromatic N) is 3. The minimum Gasteiger partial charge on any atom is -0.310 e. The summed E-state index contributed by atoms with van der Waals surface area (Å²) in [4.78, 5) is 4.25. The van der Waals surface area contributed by atoms with Crippen molar-refractivity contribution in [2.24, 2.45) is 7.05 Å². The van der Waals surface area contributed by atoms with Gasteiger partial charge in [-0.2, -0.15) is 5.10 Å². The Labute approximate surface area is 125 Å². The van der Waals surface area contributed by atoms with Crippen LogP contribution in [0, 0.1) is 9.39 Å². The van der Waals surface area contributed by atoms with Crippen molar-refractivity contribution >= 4 is 22.6 Å². The molecule has 1 aromatic carbocycles. The number of halogens is 2. The van der Waals surface area contributed by atoms with Crippen molar-refractivity contribution in [3.63, 3.8) is 0 Å². The monoisotopic (exact) mass is 374 g/mol. The molecular formula is C13H16FIN4. The maximum Gasteiger partial charge on any atom is 0.138 e. The molecule has 0 saturated carbocycles. The largest absolute Gasteiger partial charge is 0.310 e. The smallest absolute Gasteiger partial charge is 0.138 e. The van der Waals surface area contributed by atoms with E-state index < -0.39 is 0 Å². The third kappa shape index (κ3) is 3.50. The van der Waals surface area contributed by atoms with Gasteiger partial charge in [0.05, 0.1) is 0 Å². The fourth-order valence-electron chi connectivity index (χ4n) is 2.01. The first-order valence-corrected chi connectivity index (χ1v) is 7.21. The van der Waals surface area contributed by atoms with Gasteiger partial charge in [0.2, 0.25) is 0 Å². The van der Waals surface area contributed by atoms with Crippen LogP contribution in [0.1, 0.15) is 24.4 Å². The van der Waals surface area contributed by atoms with Crippen molar-refractivity contribution in [3.8, 4) is 0 Å². The highest BCUT2D eigenvalue weighted by Gasteiger charge is 2.17. The Kier molecular flexibility index (Phi) is 4.87. The molecule has 0 amide bonds. The molecule has 6 heteroatoms. The van der Waals surface area contributed by atoms with Crippen molar-refractivity contribution in [3.05, 3.63) is 45.3 Å². The molecule has 102 valence electrons. The van der Waals surface area contributed by atoms with Crippen LogP contribution in [0.25, 0.3) is 0 Å². The molecule has 1 unspecified atom stereocenters. The molecule has 1 N–H and O–H groups in total. The highest BCUT2D eigenvalue weighted by Crippen LogP contribution is 2.23. The first kappa shape index (κ1) is 14.4. The number of nitrogens with one attached hydrogen (secondary N) is 1. The molecule has 2 aromatic rings. The first-order chi connectivity index (χ1) is 9.11. The van der Waals surface area contributed by atoms with Crippen LogP contribution in [-0.2, 0) is 13.5 Å². The van der Waals surface area contributed by atoms with Crippen molar-refractivity contribution in [1.29, 1.82) is 0 Å². The molecule has 19 heavy (non-hydrogen) atoms. The van der Waals surface area contributed by atoms with Crippen LogP contribution >= 0.6 is 22.6 Å². The predicted molar refractivity (Wildman–Crippen MR) is 80.2 cm³/mol. The SMILES string of the molecule is CCNC(Cc1ncnn1C)c1ccc(F)cc1I. The van der Waals surface area contributed by atoms with Gasteiger partial charge in [-0.1, -0.05) is 13.0 Å². The Morgan fingerprint density at radius 2 is 2.26 bits per heavy atom. The first-order valence-electron chi connectivity index (χ1n) is 6.13. The lowest BCUT2D eigenvalue weighted by Gasteiger charge is -2.19. The molecule has 1 atom stereocenters. The standard InChI is InChI=1S/C13H16FIN4/c1-3-16-12(7-13-17-8-18-19(13)2)10-5-4-9(14)6-11(10)15/h4-6,8,12,16H,3,7H2,1-2H3. The Bertz CT molecular complexity index is 555. The molecule has 1 heterocycles. The van der Waals surface area contributed by atoms with E-state index in [1.807, 2.05) is 13.1 Å². The number of aryl methyl sites for hydroxylation is 1. The highest BCUT2D eigenvalue weighted by atomic mass is 127. The number of likely N-dealkylation sites (N-methyl/N-ethyl adjacent to an activating group) is 1. The summed E-state index contributed by atoms with van der Waals surface area (Å²) in [6.07, 6.45) is 2.28. The average molecular weight is 374 g/mol. The maximum atomic E-state index is 13.2. The lowest BCUT2D eigenvalue weighted by Crippen LogP contribution is -2.25. The molecule has 0 aliphatic heterocycles. The van der Waals surface area contributed by atoms with Gasteiger partial charge in [0.15, 0.2) is 0 Å². The zero-order valence-corrected chi connectivity index (χ0v) is 13.1. The molecule has 4 nitrogen and oxygen atoms in total. The third-order valence-electron chi connectivity index (χ3n) is 2.98. The van der Waals surface area contributed by atoms with Crippen LogP contribution in [0.4, 0.5) is 4.39 Å². The van der Waals surface area contributed by atoms with E-state index in [9.17, 15) is 4.39 Å². The number of benzene rings is 1. The van der Waals surface area contributed by atoms with E-state index in [0.717, 1.165) is 27.9 Å². The van der Waals surface area contributed by atoms with Gasteiger partial charge in [-0.05, 0) is 46.8 Å². The van der Waals surface area contributed by atoms with Gasteiger partial charge in [0, 0.05) is 23.1 Å². The minimum atomic E-state index is -0.206. The maximum absolute atomic E-state index is 13.2. The summed E-state index contributed by atoms with van der Waals surface area (Å²) >= 11 is 2.17. The Morgan fingerprint density at radius 3 is 2.84 bits per heavy atom. The number of rotatable bonds is 5. The van der Waals surface area contributed by atoms with E-state index in [1.54, 1.807) is 17.1 Å². The van der Waals surface area contributed by atoms with E-state index in [0.29, 0.717) is 0 Å². The molecule has 0 fully saturated rings. The fraction of sp³-hybridized carbons (Fsp3) is 0.385. The summed E-state index contributed by atoms with van der Waals surface area (Å²) in [7, 11) is 1.88. The van der Waals surface area contributed by atoms with Crippen molar-refractivity contribution in [2.45, 2.75) is 19.4 Å². The van der Waals surface area contributed by atoms with E-state index in [1.165, 1.54) is 6.07 Å². The summed E-state index contributed by atoms with van der Waals surface area (Å²) in [6, 6.07) is 5.00. The Balaban J connectivity index is 2.27. The van der Waals surface area contributed by atoms with Gasteiger partial charge >= 0.3 is 0 Å². The summed E-state index contributed by atoms with van der Waals surface area (Å²) in [5.41, 5.74) is 1.09. The zero-order valence-electron chi connectivity index (χ0n) is 10.9. The number of hydrogen-bond acceptors (Lipinski definition) is 3. The van der Waals surface area contributed by atoms with Crippen LogP contribution in [0.15, 0.2) is 24.5 Å². The van der Waals surface area contributed by atoms with Crippen LogP contribution in [-0.4, -0.2) is 21.3 Å². The lowest BCUT2D eigenvalue weighted by molar-refractivity contribution is 0.518. The van der Waals surface area contributed by atoms with Gasteiger partial charge in [-0.3, -0.25) is 4.68 Å². The fourth-order valence-corrected chi connectivity index (χ4v) is 2.86. The second-order valence-corrected chi connectivity index (χ2v) is 5.44. The van der Waals surface area contributed by atoms with Gasteiger partial charge in [0.1, 0.15) is 18.0 Å². The van der Waals surface area contributed by atoms with Crippen molar-refractivity contribution in [2.75, 3.05) is 6.54 Å². The topological polar surface area (TPSA) is 42.7 Å². The summed E-state index contributed by atoms with van der Waals surface area (Å²) in [6.45, 7) is 2.90. The van der Waals surface area contributed by atoms with Crippen LogP contribution in [0.2, 0.25) is 0 Å². The Morgan fingerprint density at radius 1 is 1.47 bits per heavy atom. The Hall–Kier alpha value is -1.02. The molecule has 0 aliphatic carbocycles. The number of hydrogen-bond donors (Lipinski definition) is 1. The highest BCUT2D eigenvalue weighted by molar-refractivity contribution is 14.1. The molecule has 1 aromatic heterocycles. The second kappa shape index (κ2) is 6.42. The van der Waals surface area contributed by atoms with Crippen LogP contribution < -0.4 is 5.32 Å². The third-order valence-corrected chi connectivity index (χ3v) is 3.91. The van der Waals surface area contributed by atoms with Gasteiger partial charge in [-0.15, -0.1) is 0 Å². The average Bonchev–Trinajstić information content (AvgIpc) is 2.75. The molecule has 0 spiro atoms. The van der Waals surface area contributed by atoms with E-state index >= 15 is 0 Å².